The van der Waals surface area contributed by atoms with Crippen molar-refractivity contribution in [1.29, 1.82) is 0 Å². The summed E-state index contributed by atoms with van der Waals surface area (Å²) in [7, 11) is 0. The molecule has 0 spiro atoms. The number of allylic oxidation sites excluding steroid dienone is 1. The highest BCUT2D eigenvalue weighted by atomic mass is 16.6. The van der Waals surface area contributed by atoms with Gasteiger partial charge in [-0.05, 0) is 47.5 Å². The van der Waals surface area contributed by atoms with Gasteiger partial charge in [0.1, 0.15) is 0 Å². The van der Waals surface area contributed by atoms with Gasteiger partial charge in [0, 0.05) is 17.8 Å². The molecular weight excluding hydrogens is 452 g/mol. The molecule has 1 aliphatic heterocycles. The van der Waals surface area contributed by atoms with E-state index in [4.69, 9.17) is 0 Å². The first kappa shape index (κ1) is 23.1. The number of aliphatic hydroxyl groups excluding tert-OH is 1. The Morgan fingerprint density at radius 1 is 0.971 bits per heavy atom. The van der Waals surface area contributed by atoms with Crippen LogP contribution >= 0.6 is 0 Å². The van der Waals surface area contributed by atoms with Crippen LogP contribution in [-0.4, -0.2) is 32.8 Å². The molecule has 35 heavy (non-hydrogen) atoms. The minimum Gasteiger partial charge on any atom is -0.503 e. The summed E-state index contributed by atoms with van der Waals surface area (Å²) >= 11 is 0. The van der Waals surface area contributed by atoms with E-state index in [0.29, 0.717) is 5.56 Å². The molecule has 174 valence electrons. The van der Waals surface area contributed by atoms with Crippen molar-refractivity contribution in [3.63, 3.8) is 0 Å². The molecular formula is C26H18N2O7. The van der Waals surface area contributed by atoms with Crippen molar-refractivity contribution in [3.8, 4) is 0 Å². The summed E-state index contributed by atoms with van der Waals surface area (Å²) in [4.78, 5) is 49.4. The van der Waals surface area contributed by atoms with E-state index >= 15 is 0 Å². The number of carbonyl (C=O) groups excluding carboxylic acids is 2. The van der Waals surface area contributed by atoms with Crippen LogP contribution in [0.25, 0.3) is 6.08 Å². The van der Waals surface area contributed by atoms with Gasteiger partial charge in [-0.25, -0.2) is 4.79 Å². The number of benzene rings is 3. The molecule has 9 heteroatoms. The predicted octanol–water partition coefficient (Wildman–Crippen LogP) is 4.48. The quantitative estimate of drug-likeness (QED) is 0.295. The molecule has 2 N–H and O–H groups in total. The second-order valence-electron chi connectivity index (χ2n) is 7.65. The lowest BCUT2D eigenvalue weighted by atomic mass is 9.95. The number of nitro benzene ring substituents is 1. The van der Waals surface area contributed by atoms with Crippen LogP contribution in [-0.2, 0) is 9.59 Å². The Morgan fingerprint density at radius 2 is 1.66 bits per heavy atom. The first-order valence-electron chi connectivity index (χ1n) is 10.4. The fourth-order valence-corrected chi connectivity index (χ4v) is 3.83. The van der Waals surface area contributed by atoms with E-state index in [-0.39, 0.29) is 22.5 Å². The third kappa shape index (κ3) is 4.55. The standard InChI is InChI=1S/C26H18N2O7/c29-21(14-9-16-5-2-1-3-6-16)22-23(17-10-12-19(13-11-17)28(34)35)27(25(31)24(22)30)20-8-4-7-18(15-20)26(32)33/h1-15,23,30H,(H,32,33)/t23-/m1/s1. The summed E-state index contributed by atoms with van der Waals surface area (Å²) < 4.78 is 0. The Morgan fingerprint density at radius 3 is 2.29 bits per heavy atom. The Hall–Kier alpha value is -5.05. The van der Waals surface area contributed by atoms with Crippen molar-refractivity contribution in [3.05, 3.63) is 123 Å². The summed E-state index contributed by atoms with van der Waals surface area (Å²) in [5.41, 5.74) is 0.674. The van der Waals surface area contributed by atoms with Gasteiger partial charge in [-0.2, -0.15) is 0 Å². The van der Waals surface area contributed by atoms with Gasteiger partial charge in [-0.15, -0.1) is 0 Å². The number of aromatic carboxylic acids is 1. The lowest BCUT2D eigenvalue weighted by Gasteiger charge is -2.27. The fourth-order valence-electron chi connectivity index (χ4n) is 3.83. The van der Waals surface area contributed by atoms with Gasteiger partial charge in [0.2, 0.25) is 0 Å². The molecule has 1 heterocycles. The van der Waals surface area contributed by atoms with Crippen LogP contribution in [0.2, 0.25) is 0 Å². The van der Waals surface area contributed by atoms with Gasteiger partial charge in [0.25, 0.3) is 11.6 Å². The SMILES string of the molecule is O=C(C=Cc1ccccc1)C1=C(O)C(=O)N(c2cccc(C(=O)O)c2)[C@@H]1c1ccc([N+](=O)[O-])cc1. The summed E-state index contributed by atoms with van der Waals surface area (Å²) in [6.07, 6.45) is 2.76. The Bertz CT molecular complexity index is 1390. The summed E-state index contributed by atoms with van der Waals surface area (Å²) in [5, 5.41) is 31.2. The largest absolute Gasteiger partial charge is 0.503 e. The van der Waals surface area contributed by atoms with Crippen molar-refractivity contribution in [2.75, 3.05) is 4.90 Å². The maximum atomic E-state index is 13.2. The van der Waals surface area contributed by atoms with Gasteiger partial charge in [-0.3, -0.25) is 24.6 Å². The Kier molecular flexibility index (Phi) is 6.23. The first-order chi connectivity index (χ1) is 16.8. The zero-order chi connectivity index (χ0) is 25.1. The van der Waals surface area contributed by atoms with Crippen molar-refractivity contribution >= 4 is 35.1 Å². The molecule has 1 atom stereocenters. The minimum absolute atomic E-state index is 0.0963. The van der Waals surface area contributed by atoms with Gasteiger partial charge >= 0.3 is 5.97 Å². The van der Waals surface area contributed by atoms with Crippen LogP contribution in [0.4, 0.5) is 11.4 Å². The Labute approximate surface area is 199 Å². The van der Waals surface area contributed by atoms with E-state index in [1.165, 1.54) is 60.7 Å². The monoisotopic (exact) mass is 470 g/mol. The van der Waals surface area contributed by atoms with Gasteiger partial charge in [0.05, 0.1) is 22.1 Å². The first-order valence-corrected chi connectivity index (χ1v) is 10.4. The number of nitro groups is 1. The molecule has 3 aromatic carbocycles. The third-order valence-electron chi connectivity index (χ3n) is 5.49. The molecule has 0 aromatic heterocycles. The fraction of sp³-hybridized carbons (Fsp3) is 0.0385. The second-order valence-corrected chi connectivity index (χ2v) is 7.65. The van der Waals surface area contributed by atoms with Crippen LogP contribution in [0.1, 0.15) is 27.5 Å². The molecule has 0 aliphatic carbocycles. The maximum Gasteiger partial charge on any atom is 0.335 e. The molecule has 0 unspecified atom stereocenters. The number of hydrogen-bond donors (Lipinski definition) is 2. The maximum absolute atomic E-state index is 13.2. The van der Waals surface area contributed by atoms with Crippen molar-refractivity contribution in [2.45, 2.75) is 6.04 Å². The van der Waals surface area contributed by atoms with Gasteiger partial charge in [0.15, 0.2) is 11.5 Å². The number of ketones is 1. The molecule has 1 amide bonds. The second kappa shape index (κ2) is 9.44. The van der Waals surface area contributed by atoms with E-state index in [2.05, 4.69) is 0 Å². The predicted molar refractivity (Wildman–Crippen MR) is 127 cm³/mol. The summed E-state index contributed by atoms with van der Waals surface area (Å²) in [6.45, 7) is 0. The van der Waals surface area contributed by atoms with Crippen LogP contribution in [0.15, 0.2) is 96.3 Å². The number of carboxylic acid groups (broad SMARTS) is 1. The molecule has 3 aromatic rings. The summed E-state index contributed by atoms with van der Waals surface area (Å²) in [6, 6.07) is 18.5. The number of nitrogens with zero attached hydrogens (tertiary/aromatic N) is 2. The van der Waals surface area contributed by atoms with Gasteiger partial charge < -0.3 is 10.2 Å². The summed E-state index contributed by atoms with van der Waals surface area (Å²) in [5.74, 6) is -3.53. The Balaban J connectivity index is 1.82. The van der Waals surface area contributed by atoms with Crippen molar-refractivity contribution < 1.29 is 29.5 Å². The molecule has 0 saturated carbocycles. The van der Waals surface area contributed by atoms with Gasteiger partial charge in [-0.1, -0.05) is 42.5 Å². The van der Waals surface area contributed by atoms with Crippen LogP contribution in [0.3, 0.4) is 0 Å². The number of rotatable bonds is 7. The number of carboxylic acids is 1. The average molecular weight is 470 g/mol. The number of anilines is 1. The highest BCUT2D eigenvalue weighted by molar-refractivity contribution is 6.20. The molecule has 0 saturated heterocycles. The highest BCUT2D eigenvalue weighted by Crippen LogP contribution is 2.41. The number of hydrogen-bond acceptors (Lipinski definition) is 6. The molecule has 0 bridgehead atoms. The third-order valence-corrected chi connectivity index (χ3v) is 5.49. The van der Waals surface area contributed by atoms with E-state index in [1.807, 2.05) is 6.07 Å². The number of amides is 1. The van der Waals surface area contributed by atoms with Crippen LogP contribution in [0.5, 0.6) is 0 Å². The average Bonchev–Trinajstić information content (AvgIpc) is 3.13. The zero-order valence-electron chi connectivity index (χ0n) is 18.1. The van der Waals surface area contributed by atoms with E-state index in [9.17, 15) is 34.7 Å². The number of non-ortho nitro benzene ring substituents is 1. The normalized spacial score (nSPS) is 15.6. The highest BCUT2D eigenvalue weighted by Gasteiger charge is 2.44. The number of aliphatic hydroxyl groups is 1. The molecule has 9 nitrogen and oxygen atoms in total. The molecule has 0 fully saturated rings. The van der Waals surface area contributed by atoms with E-state index in [0.717, 1.165) is 10.5 Å². The lowest BCUT2D eigenvalue weighted by molar-refractivity contribution is -0.384. The number of carbonyl (C=O) groups is 3. The lowest BCUT2D eigenvalue weighted by Crippen LogP contribution is -2.31. The smallest absolute Gasteiger partial charge is 0.335 e. The van der Waals surface area contributed by atoms with Crippen molar-refractivity contribution in [2.24, 2.45) is 0 Å². The van der Waals surface area contributed by atoms with Crippen molar-refractivity contribution in [1.82, 2.24) is 0 Å². The zero-order valence-corrected chi connectivity index (χ0v) is 18.1. The molecule has 1 aliphatic rings. The molecule has 0 radical (unpaired) electrons. The van der Waals surface area contributed by atoms with Crippen LogP contribution in [0, 0.1) is 10.1 Å². The minimum atomic E-state index is -1.22. The topological polar surface area (TPSA) is 138 Å². The van der Waals surface area contributed by atoms with E-state index < -0.39 is 34.4 Å². The molecule has 4 rings (SSSR count). The van der Waals surface area contributed by atoms with Crippen LogP contribution < -0.4 is 4.90 Å². The van der Waals surface area contributed by atoms with E-state index in [1.54, 1.807) is 24.3 Å².